The van der Waals surface area contributed by atoms with Crippen LogP contribution in [0.1, 0.15) is 26.7 Å². The molecule has 0 aromatic rings. The lowest BCUT2D eigenvalue weighted by atomic mass is 9.92. The van der Waals surface area contributed by atoms with Gasteiger partial charge in [0.05, 0.1) is 0 Å². The Kier molecular flexibility index (Phi) is 2.94. The van der Waals surface area contributed by atoms with Crippen molar-refractivity contribution < 1.29 is 0 Å². The summed E-state index contributed by atoms with van der Waals surface area (Å²) in [7, 11) is 4.35. The maximum atomic E-state index is 2.41. The highest BCUT2D eigenvalue weighted by Crippen LogP contribution is 2.36. The summed E-state index contributed by atoms with van der Waals surface area (Å²) in [6.45, 7) is 6.08. The molecule has 0 radical (unpaired) electrons. The number of hydrogen-bond donors (Lipinski definition) is 0. The van der Waals surface area contributed by atoms with Crippen molar-refractivity contribution in [3.8, 4) is 0 Å². The van der Waals surface area contributed by atoms with E-state index < -0.39 is 0 Å². The van der Waals surface area contributed by atoms with Crippen LogP contribution in [0.2, 0.25) is 0 Å². The van der Waals surface area contributed by atoms with Crippen LogP contribution in [-0.2, 0) is 0 Å². The molecule has 0 aromatic heterocycles. The molecule has 0 aromatic carbocycles. The minimum atomic E-state index is 0.942. The Morgan fingerprint density at radius 2 is 1.82 bits per heavy atom. The molecule has 0 spiro atoms. The van der Waals surface area contributed by atoms with Gasteiger partial charge < -0.3 is 4.90 Å². The molecule has 3 atom stereocenters. The monoisotopic (exact) mass is 155 g/mol. The molecule has 0 heterocycles. The molecule has 3 unspecified atom stereocenters. The Hall–Kier alpha value is -0.0400. The predicted molar refractivity (Wildman–Crippen MR) is 49.6 cm³/mol. The second-order valence-electron chi connectivity index (χ2n) is 4.44. The van der Waals surface area contributed by atoms with E-state index in [0.29, 0.717) is 0 Å². The van der Waals surface area contributed by atoms with Gasteiger partial charge in [0.2, 0.25) is 0 Å². The quantitative estimate of drug-likeness (QED) is 0.591. The van der Waals surface area contributed by atoms with Gasteiger partial charge in [-0.3, -0.25) is 0 Å². The first-order valence-electron chi connectivity index (χ1n) is 4.76. The van der Waals surface area contributed by atoms with Crippen LogP contribution in [0.15, 0.2) is 0 Å². The van der Waals surface area contributed by atoms with E-state index in [4.69, 9.17) is 0 Å². The maximum Gasteiger partial charge on any atom is 0.000621 e. The largest absolute Gasteiger partial charge is 0.309 e. The molecule has 1 rings (SSSR count). The Bertz CT molecular complexity index is 120. The van der Waals surface area contributed by atoms with E-state index in [1.807, 2.05) is 0 Å². The molecule has 0 bridgehead atoms. The SMILES string of the molecule is CC1CCC(CN(C)C)C1C. The lowest BCUT2D eigenvalue weighted by Crippen LogP contribution is -2.24. The maximum absolute atomic E-state index is 2.41. The van der Waals surface area contributed by atoms with Crippen LogP contribution in [-0.4, -0.2) is 25.5 Å². The summed E-state index contributed by atoms with van der Waals surface area (Å²) in [4.78, 5) is 2.32. The van der Waals surface area contributed by atoms with Gasteiger partial charge in [-0.2, -0.15) is 0 Å². The second-order valence-corrected chi connectivity index (χ2v) is 4.44. The first kappa shape index (κ1) is 9.05. The van der Waals surface area contributed by atoms with Crippen LogP contribution in [0.25, 0.3) is 0 Å². The van der Waals surface area contributed by atoms with Gasteiger partial charge in [0, 0.05) is 6.54 Å². The molecule has 1 aliphatic rings. The van der Waals surface area contributed by atoms with Crippen LogP contribution in [0.5, 0.6) is 0 Å². The molecule has 11 heavy (non-hydrogen) atoms. The molecule has 0 saturated heterocycles. The molecule has 1 heteroatoms. The molecule has 0 amide bonds. The zero-order valence-corrected chi connectivity index (χ0v) is 8.30. The van der Waals surface area contributed by atoms with Crippen LogP contribution in [0.3, 0.4) is 0 Å². The van der Waals surface area contributed by atoms with Crippen LogP contribution < -0.4 is 0 Å². The zero-order chi connectivity index (χ0) is 8.43. The van der Waals surface area contributed by atoms with Crippen molar-refractivity contribution >= 4 is 0 Å². The van der Waals surface area contributed by atoms with Gasteiger partial charge in [0.1, 0.15) is 0 Å². The topological polar surface area (TPSA) is 3.24 Å². The van der Waals surface area contributed by atoms with Gasteiger partial charge in [-0.05, 0) is 38.3 Å². The highest BCUT2D eigenvalue weighted by molar-refractivity contribution is 4.80. The molecule has 1 nitrogen and oxygen atoms in total. The van der Waals surface area contributed by atoms with Crippen molar-refractivity contribution in [2.45, 2.75) is 26.7 Å². The second kappa shape index (κ2) is 3.57. The third kappa shape index (κ3) is 2.19. The van der Waals surface area contributed by atoms with Gasteiger partial charge in [0.25, 0.3) is 0 Å². The minimum Gasteiger partial charge on any atom is -0.309 e. The van der Waals surface area contributed by atoms with E-state index in [0.717, 1.165) is 17.8 Å². The normalized spacial score (nSPS) is 38.5. The molecule has 0 aliphatic heterocycles. The van der Waals surface area contributed by atoms with Gasteiger partial charge >= 0.3 is 0 Å². The third-order valence-electron chi connectivity index (χ3n) is 3.23. The first-order valence-corrected chi connectivity index (χ1v) is 4.76. The fourth-order valence-electron chi connectivity index (χ4n) is 2.19. The zero-order valence-electron chi connectivity index (χ0n) is 8.30. The minimum absolute atomic E-state index is 0.942. The fraction of sp³-hybridized carbons (Fsp3) is 1.00. The molecule has 1 saturated carbocycles. The fourth-order valence-corrected chi connectivity index (χ4v) is 2.19. The first-order chi connectivity index (χ1) is 5.11. The van der Waals surface area contributed by atoms with Gasteiger partial charge in [0.15, 0.2) is 0 Å². The van der Waals surface area contributed by atoms with Crippen molar-refractivity contribution in [1.29, 1.82) is 0 Å². The van der Waals surface area contributed by atoms with Crippen molar-refractivity contribution in [2.24, 2.45) is 17.8 Å². The van der Waals surface area contributed by atoms with E-state index in [-0.39, 0.29) is 0 Å². The number of hydrogen-bond acceptors (Lipinski definition) is 1. The highest BCUT2D eigenvalue weighted by atomic mass is 15.1. The molecule has 0 N–H and O–H groups in total. The Labute approximate surface area is 70.8 Å². The summed E-state index contributed by atoms with van der Waals surface area (Å²) in [6.07, 6.45) is 2.89. The van der Waals surface area contributed by atoms with Crippen molar-refractivity contribution in [3.05, 3.63) is 0 Å². The smallest absolute Gasteiger partial charge is 0.000621 e. The lowest BCUT2D eigenvalue weighted by Gasteiger charge is -2.21. The Morgan fingerprint density at radius 3 is 2.18 bits per heavy atom. The number of nitrogens with zero attached hydrogens (tertiary/aromatic N) is 1. The van der Waals surface area contributed by atoms with Crippen molar-refractivity contribution in [3.63, 3.8) is 0 Å². The van der Waals surface area contributed by atoms with E-state index in [2.05, 4.69) is 32.8 Å². The van der Waals surface area contributed by atoms with Gasteiger partial charge in [-0.25, -0.2) is 0 Å². The van der Waals surface area contributed by atoms with Crippen LogP contribution in [0, 0.1) is 17.8 Å². The average Bonchev–Trinajstić information content (AvgIpc) is 2.18. The van der Waals surface area contributed by atoms with Crippen LogP contribution in [0.4, 0.5) is 0 Å². The average molecular weight is 155 g/mol. The standard InChI is InChI=1S/C10H21N/c1-8-5-6-10(9(8)2)7-11(3)4/h8-10H,5-7H2,1-4H3. The Balaban J connectivity index is 2.36. The van der Waals surface area contributed by atoms with Crippen molar-refractivity contribution in [1.82, 2.24) is 4.90 Å². The predicted octanol–water partition coefficient (Wildman–Crippen LogP) is 2.23. The van der Waals surface area contributed by atoms with Gasteiger partial charge in [-0.1, -0.05) is 20.3 Å². The summed E-state index contributed by atoms with van der Waals surface area (Å²) in [5, 5.41) is 0. The summed E-state index contributed by atoms with van der Waals surface area (Å²) < 4.78 is 0. The summed E-state index contributed by atoms with van der Waals surface area (Å²) >= 11 is 0. The molecule has 1 aliphatic carbocycles. The summed E-state index contributed by atoms with van der Waals surface area (Å²) in [5.41, 5.74) is 0. The summed E-state index contributed by atoms with van der Waals surface area (Å²) in [5.74, 6) is 2.86. The molecular weight excluding hydrogens is 134 g/mol. The third-order valence-corrected chi connectivity index (χ3v) is 3.23. The van der Waals surface area contributed by atoms with Gasteiger partial charge in [-0.15, -0.1) is 0 Å². The van der Waals surface area contributed by atoms with Crippen LogP contribution >= 0.6 is 0 Å². The molecule has 66 valence electrons. The van der Waals surface area contributed by atoms with E-state index in [9.17, 15) is 0 Å². The van der Waals surface area contributed by atoms with E-state index in [1.54, 1.807) is 0 Å². The highest BCUT2D eigenvalue weighted by Gasteiger charge is 2.29. The lowest BCUT2D eigenvalue weighted by molar-refractivity contribution is 0.266. The Morgan fingerprint density at radius 1 is 1.18 bits per heavy atom. The van der Waals surface area contributed by atoms with Crippen molar-refractivity contribution in [2.75, 3.05) is 20.6 Å². The molecular formula is C10H21N. The summed E-state index contributed by atoms with van der Waals surface area (Å²) in [6, 6.07) is 0. The van der Waals surface area contributed by atoms with E-state index >= 15 is 0 Å². The van der Waals surface area contributed by atoms with E-state index in [1.165, 1.54) is 19.4 Å². The molecule has 1 fully saturated rings. The number of rotatable bonds is 2.